The van der Waals surface area contributed by atoms with Crippen LogP contribution in [0.1, 0.15) is 52.7 Å². The van der Waals surface area contributed by atoms with E-state index in [9.17, 15) is 9.59 Å². The van der Waals surface area contributed by atoms with E-state index in [1.807, 2.05) is 35.9 Å². The van der Waals surface area contributed by atoms with Crippen molar-refractivity contribution in [3.05, 3.63) is 69.9 Å². The van der Waals surface area contributed by atoms with Gasteiger partial charge in [0.05, 0.1) is 18.5 Å². The van der Waals surface area contributed by atoms with Gasteiger partial charge in [0.25, 0.3) is 0 Å². The molecule has 0 fully saturated rings. The molecule has 2 amide bonds. The number of aryl methyl sites for hydroxylation is 4. The van der Waals surface area contributed by atoms with E-state index >= 15 is 0 Å². The molecule has 0 saturated carbocycles. The Bertz CT molecular complexity index is 1510. The molecule has 5 rings (SSSR count). The summed E-state index contributed by atoms with van der Waals surface area (Å²) in [5.41, 5.74) is 4.03. The van der Waals surface area contributed by atoms with Crippen LogP contribution in [0.2, 0.25) is 0 Å². The van der Waals surface area contributed by atoms with Gasteiger partial charge in [-0.3, -0.25) is 19.3 Å². The number of rotatable bonds is 8. The quantitative estimate of drug-likeness (QED) is 0.325. The lowest BCUT2D eigenvalue weighted by molar-refractivity contribution is -0.116. The third kappa shape index (κ3) is 7.52. The number of carbonyl (C=O) groups is 2. The first-order chi connectivity index (χ1) is 19.0. The predicted molar refractivity (Wildman–Crippen MR) is 146 cm³/mol. The minimum absolute atomic E-state index is 0.155. The number of carbonyl (C=O) groups excluding carboxylic acids is 2. The van der Waals surface area contributed by atoms with Crippen molar-refractivity contribution in [3.63, 3.8) is 0 Å². The number of nitrogens with one attached hydrogen (secondary N) is 2. The fraction of sp³-hybridized carbons (Fsp3) is 0.333. The molecular formula is C27H27N9O2S. The van der Waals surface area contributed by atoms with Gasteiger partial charge in [-0.05, 0) is 62.4 Å². The Labute approximate surface area is 229 Å². The third-order valence-corrected chi connectivity index (χ3v) is 6.82. The number of nitrogens with zero attached hydrogens (tertiary/aromatic N) is 7. The number of aromatic nitrogens is 7. The van der Waals surface area contributed by atoms with Crippen molar-refractivity contribution < 1.29 is 9.59 Å². The maximum Gasteiger partial charge on any atom is 0.232 e. The van der Waals surface area contributed by atoms with Gasteiger partial charge < -0.3 is 10.6 Å². The van der Waals surface area contributed by atoms with Crippen molar-refractivity contribution in [2.24, 2.45) is 0 Å². The second kappa shape index (κ2) is 12.4. The molecule has 5 heterocycles. The minimum atomic E-state index is -0.214. The summed E-state index contributed by atoms with van der Waals surface area (Å²) in [5.74, 6) is 5.99. The van der Waals surface area contributed by atoms with Crippen LogP contribution in [-0.4, -0.2) is 47.0 Å². The van der Waals surface area contributed by atoms with Crippen LogP contribution in [0.4, 0.5) is 10.9 Å². The molecule has 0 bridgehead atoms. The van der Waals surface area contributed by atoms with Gasteiger partial charge in [-0.15, -0.1) is 20.4 Å². The Balaban J connectivity index is 1.05. The zero-order valence-corrected chi connectivity index (χ0v) is 22.3. The van der Waals surface area contributed by atoms with Crippen molar-refractivity contribution in [1.29, 1.82) is 0 Å². The second-order valence-electron chi connectivity index (χ2n) is 9.13. The Hall–Kier alpha value is -4.50. The van der Waals surface area contributed by atoms with Crippen molar-refractivity contribution in [2.45, 2.75) is 58.4 Å². The lowest BCUT2D eigenvalue weighted by atomic mass is 10.1. The smallest absolute Gasteiger partial charge is 0.232 e. The third-order valence-electron chi connectivity index (χ3n) is 5.92. The maximum atomic E-state index is 12.4. The highest BCUT2D eigenvalue weighted by molar-refractivity contribution is 7.15. The molecule has 39 heavy (non-hydrogen) atoms. The minimum Gasteiger partial charge on any atom is -0.309 e. The molecular weight excluding hydrogens is 514 g/mol. The van der Waals surface area contributed by atoms with Crippen LogP contribution >= 0.6 is 11.3 Å². The lowest BCUT2D eigenvalue weighted by Crippen LogP contribution is -2.16. The van der Waals surface area contributed by atoms with Gasteiger partial charge in [0.2, 0.25) is 16.9 Å². The first-order valence-corrected chi connectivity index (χ1v) is 13.5. The molecule has 0 aliphatic carbocycles. The SMILES string of the molecule is Cc1cccc(CC(=O)Nc2ccc(C#CCCc3nnc(NC(=O)Cc4cc5n(n4)CCCC5)s3)nn2)n1. The summed E-state index contributed by atoms with van der Waals surface area (Å²) in [7, 11) is 0. The molecule has 11 nitrogen and oxygen atoms in total. The monoisotopic (exact) mass is 541 g/mol. The van der Waals surface area contributed by atoms with E-state index in [1.165, 1.54) is 23.5 Å². The van der Waals surface area contributed by atoms with Crippen molar-refractivity contribution in [3.8, 4) is 11.8 Å². The zero-order chi connectivity index (χ0) is 27.0. The normalized spacial score (nSPS) is 12.2. The van der Waals surface area contributed by atoms with E-state index in [1.54, 1.807) is 12.1 Å². The molecule has 0 unspecified atom stereocenters. The van der Waals surface area contributed by atoms with Crippen molar-refractivity contribution >= 4 is 34.1 Å². The Morgan fingerprint density at radius 1 is 1.00 bits per heavy atom. The molecule has 4 aromatic heterocycles. The van der Waals surface area contributed by atoms with Gasteiger partial charge in [-0.2, -0.15) is 5.10 Å². The number of hydrogen-bond donors (Lipinski definition) is 2. The summed E-state index contributed by atoms with van der Waals surface area (Å²) in [6.07, 6.45) is 4.84. The van der Waals surface area contributed by atoms with E-state index in [2.05, 4.69) is 53.0 Å². The predicted octanol–water partition coefficient (Wildman–Crippen LogP) is 2.91. The summed E-state index contributed by atoms with van der Waals surface area (Å²) < 4.78 is 2.00. The molecule has 2 N–H and O–H groups in total. The molecule has 4 aromatic rings. The summed E-state index contributed by atoms with van der Waals surface area (Å²) in [5, 5.41) is 27.6. The van der Waals surface area contributed by atoms with Crippen LogP contribution < -0.4 is 10.6 Å². The van der Waals surface area contributed by atoms with Crippen LogP contribution in [0.3, 0.4) is 0 Å². The number of pyridine rings is 1. The van der Waals surface area contributed by atoms with Gasteiger partial charge >= 0.3 is 0 Å². The second-order valence-corrected chi connectivity index (χ2v) is 10.2. The topological polar surface area (TPSA) is 140 Å². The number of anilines is 2. The summed E-state index contributed by atoms with van der Waals surface area (Å²) >= 11 is 1.33. The van der Waals surface area contributed by atoms with Crippen LogP contribution in [-0.2, 0) is 41.8 Å². The largest absolute Gasteiger partial charge is 0.309 e. The fourth-order valence-electron chi connectivity index (χ4n) is 4.13. The summed E-state index contributed by atoms with van der Waals surface area (Å²) in [4.78, 5) is 29.0. The highest BCUT2D eigenvalue weighted by atomic mass is 32.1. The van der Waals surface area contributed by atoms with E-state index in [0.29, 0.717) is 35.2 Å². The van der Waals surface area contributed by atoms with Gasteiger partial charge in [-0.1, -0.05) is 23.3 Å². The van der Waals surface area contributed by atoms with Crippen LogP contribution in [0, 0.1) is 18.8 Å². The van der Waals surface area contributed by atoms with E-state index < -0.39 is 0 Å². The highest BCUT2D eigenvalue weighted by Crippen LogP contribution is 2.18. The van der Waals surface area contributed by atoms with Gasteiger partial charge in [0.1, 0.15) is 10.7 Å². The fourth-order valence-corrected chi connectivity index (χ4v) is 4.89. The Kier molecular flexibility index (Phi) is 8.28. The molecule has 0 aromatic carbocycles. The van der Waals surface area contributed by atoms with Gasteiger partial charge in [0.15, 0.2) is 5.82 Å². The summed E-state index contributed by atoms with van der Waals surface area (Å²) in [6.45, 7) is 2.80. The number of hydrogen-bond acceptors (Lipinski definition) is 9. The Morgan fingerprint density at radius 2 is 1.87 bits per heavy atom. The molecule has 0 saturated heterocycles. The first-order valence-electron chi connectivity index (χ1n) is 12.7. The highest BCUT2D eigenvalue weighted by Gasteiger charge is 2.15. The number of amides is 2. The molecule has 12 heteroatoms. The summed E-state index contributed by atoms with van der Waals surface area (Å²) in [6, 6.07) is 10.9. The molecule has 1 aliphatic rings. The van der Waals surface area contributed by atoms with E-state index in [0.717, 1.165) is 35.8 Å². The maximum absolute atomic E-state index is 12.4. The first kappa shape index (κ1) is 26.1. The standard InChI is InChI=1S/C27H27N9O2S/c1-18-7-6-9-20(28-18)16-24(37)29-23-13-12-19(31-32-23)8-2-3-11-26-33-34-27(39-26)30-25(38)17-21-15-22-10-4-5-14-36(22)35-21/h6-7,9,12-13,15H,3-5,10-11,14,16-17H2,1H3,(H,29,32,37)(H,30,34,38). The van der Waals surface area contributed by atoms with Crippen LogP contribution in [0.5, 0.6) is 0 Å². The lowest BCUT2D eigenvalue weighted by Gasteiger charge is -2.11. The molecule has 0 radical (unpaired) electrons. The average molecular weight is 542 g/mol. The molecule has 1 aliphatic heterocycles. The van der Waals surface area contributed by atoms with E-state index in [4.69, 9.17) is 0 Å². The van der Waals surface area contributed by atoms with Crippen molar-refractivity contribution in [1.82, 2.24) is 35.2 Å². The van der Waals surface area contributed by atoms with Crippen molar-refractivity contribution in [2.75, 3.05) is 10.6 Å². The molecule has 0 spiro atoms. The van der Waals surface area contributed by atoms with Crippen LogP contribution in [0.25, 0.3) is 0 Å². The molecule has 198 valence electrons. The van der Waals surface area contributed by atoms with Gasteiger partial charge in [0, 0.05) is 36.5 Å². The average Bonchev–Trinajstić information content (AvgIpc) is 3.53. The van der Waals surface area contributed by atoms with Crippen LogP contribution in [0.15, 0.2) is 36.4 Å². The number of fused-ring (bicyclic) bond motifs is 1. The Morgan fingerprint density at radius 3 is 2.69 bits per heavy atom. The zero-order valence-electron chi connectivity index (χ0n) is 21.5. The molecule has 0 atom stereocenters. The van der Waals surface area contributed by atoms with E-state index in [-0.39, 0.29) is 24.7 Å². The van der Waals surface area contributed by atoms with Gasteiger partial charge in [-0.25, -0.2) is 0 Å².